The highest BCUT2D eigenvalue weighted by Gasteiger charge is 2.61. The number of aromatic nitrogens is 2. The van der Waals surface area contributed by atoms with Gasteiger partial charge in [0.05, 0.1) is 11.8 Å². The van der Waals surface area contributed by atoms with E-state index in [0.717, 1.165) is 0 Å². The minimum absolute atomic E-state index is 0.0173. The lowest BCUT2D eigenvalue weighted by molar-refractivity contribution is -0.246. The number of nitrogens with zero attached hydrogens (tertiary/aromatic N) is 3. The first kappa shape index (κ1) is 22.0. The summed E-state index contributed by atoms with van der Waals surface area (Å²) in [4.78, 5) is 16.0. The van der Waals surface area contributed by atoms with Gasteiger partial charge in [-0.3, -0.25) is 9.48 Å². The first-order valence-electron chi connectivity index (χ1n) is 9.98. The SMILES string of the molecule is C=NC(=O)c1cc(-c2cnn(CC(C)(C)C)c2)cc2c1-c1ccccc1C2(O)C(F)(F)F. The van der Waals surface area contributed by atoms with Crippen LogP contribution in [0.2, 0.25) is 0 Å². The Hall–Kier alpha value is -3.26. The zero-order valence-electron chi connectivity index (χ0n) is 17.9. The molecule has 1 N–H and O–H groups in total. The fourth-order valence-corrected chi connectivity index (χ4v) is 4.19. The average Bonchev–Trinajstić information content (AvgIpc) is 3.27. The number of carbonyl (C=O) groups is 1. The van der Waals surface area contributed by atoms with Crippen LogP contribution in [0.25, 0.3) is 22.3 Å². The molecule has 0 fully saturated rings. The lowest BCUT2D eigenvalue weighted by Crippen LogP contribution is -2.41. The van der Waals surface area contributed by atoms with Crippen molar-refractivity contribution >= 4 is 12.6 Å². The number of hydrogen-bond acceptors (Lipinski definition) is 3. The van der Waals surface area contributed by atoms with Crippen LogP contribution in [0.15, 0.2) is 53.8 Å². The molecule has 0 saturated carbocycles. The molecule has 8 heteroatoms. The Morgan fingerprint density at radius 1 is 1.16 bits per heavy atom. The minimum Gasteiger partial charge on any atom is -0.372 e. The molecule has 1 aromatic heterocycles. The van der Waals surface area contributed by atoms with Crippen LogP contribution in [0, 0.1) is 5.41 Å². The number of amides is 1. The maximum absolute atomic E-state index is 14.3. The molecule has 0 spiro atoms. The fourth-order valence-electron chi connectivity index (χ4n) is 4.19. The topological polar surface area (TPSA) is 67.5 Å². The predicted molar refractivity (Wildman–Crippen MR) is 115 cm³/mol. The predicted octanol–water partition coefficient (Wildman–Crippen LogP) is 5.22. The van der Waals surface area contributed by atoms with E-state index in [1.165, 1.54) is 36.5 Å². The summed E-state index contributed by atoms with van der Waals surface area (Å²) in [6, 6.07) is 8.42. The second-order valence-corrected chi connectivity index (χ2v) is 9.15. The van der Waals surface area contributed by atoms with Crippen molar-refractivity contribution in [3.63, 3.8) is 0 Å². The number of aliphatic imine (C=N–C) groups is 1. The molecule has 4 rings (SSSR count). The molecule has 166 valence electrons. The fraction of sp³-hybridized carbons (Fsp3) is 0.292. The normalized spacial score (nSPS) is 17.7. The van der Waals surface area contributed by atoms with Gasteiger partial charge in [0.2, 0.25) is 5.60 Å². The Morgan fingerprint density at radius 3 is 2.47 bits per heavy atom. The van der Waals surface area contributed by atoms with Gasteiger partial charge in [0, 0.05) is 35.0 Å². The van der Waals surface area contributed by atoms with E-state index in [-0.39, 0.29) is 27.7 Å². The van der Waals surface area contributed by atoms with Crippen LogP contribution in [0.3, 0.4) is 0 Å². The molecule has 1 atom stereocenters. The molecule has 1 amide bonds. The smallest absolute Gasteiger partial charge is 0.372 e. The Kier molecular flexibility index (Phi) is 4.89. The first-order chi connectivity index (χ1) is 14.9. The zero-order valence-corrected chi connectivity index (χ0v) is 17.9. The maximum Gasteiger partial charge on any atom is 0.425 e. The van der Waals surface area contributed by atoms with Crippen molar-refractivity contribution in [2.45, 2.75) is 39.1 Å². The number of aliphatic hydroxyl groups is 1. The summed E-state index contributed by atoms with van der Waals surface area (Å²) in [6.07, 6.45) is -1.78. The van der Waals surface area contributed by atoms with Gasteiger partial charge in [-0.2, -0.15) is 18.3 Å². The number of benzene rings is 2. The quantitative estimate of drug-likeness (QED) is 0.567. The van der Waals surface area contributed by atoms with Crippen molar-refractivity contribution in [1.29, 1.82) is 0 Å². The molecule has 1 heterocycles. The highest BCUT2D eigenvalue weighted by atomic mass is 19.4. The molecule has 3 aromatic rings. The molecule has 1 unspecified atom stereocenters. The summed E-state index contributed by atoms with van der Waals surface area (Å²) in [7, 11) is 0. The van der Waals surface area contributed by atoms with Gasteiger partial charge in [0.15, 0.2) is 0 Å². The Morgan fingerprint density at radius 2 is 1.84 bits per heavy atom. The third-order valence-electron chi connectivity index (χ3n) is 5.50. The highest BCUT2D eigenvalue weighted by molar-refractivity contribution is 6.06. The number of halogens is 3. The summed E-state index contributed by atoms with van der Waals surface area (Å²) in [6.45, 7) is 9.96. The monoisotopic (exact) mass is 441 g/mol. The van der Waals surface area contributed by atoms with Crippen molar-refractivity contribution in [3.8, 4) is 22.3 Å². The number of alkyl halides is 3. The molecule has 1 aliphatic rings. The molecule has 0 radical (unpaired) electrons. The number of hydrogen-bond donors (Lipinski definition) is 1. The van der Waals surface area contributed by atoms with Crippen LogP contribution in [0.5, 0.6) is 0 Å². The Bertz CT molecular complexity index is 1240. The molecule has 0 bridgehead atoms. The van der Waals surface area contributed by atoms with Crippen LogP contribution in [0.4, 0.5) is 13.2 Å². The number of carbonyl (C=O) groups excluding carboxylic acids is 1. The largest absolute Gasteiger partial charge is 0.425 e. The van der Waals surface area contributed by atoms with Crippen molar-refractivity contribution in [1.82, 2.24) is 9.78 Å². The van der Waals surface area contributed by atoms with Crippen molar-refractivity contribution in [2.24, 2.45) is 10.4 Å². The second kappa shape index (κ2) is 7.13. The van der Waals surface area contributed by atoms with Crippen LogP contribution in [0.1, 0.15) is 42.3 Å². The van der Waals surface area contributed by atoms with Gasteiger partial charge >= 0.3 is 6.18 Å². The van der Waals surface area contributed by atoms with Gasteiger partial charge in [-0.15, -0.1) is 0 Å². The van der Waals surface area contributed by atoms with Crippen LogP contribution >= 0.6 is 0 Å². The van der Waals surface area contributed by atoms with E-state index in [1.807, 2.05) is 20.8 Å². The lowest BCUT2D eigenvalue weighted by Gasteiger charge is -2.28. The standard InChI is InChI=1S/C24H22F3N3O2/c1-22(2,3)13-30-12-15(11-29-30)14-9-17(21(31)28-4)20-16-7-5-6-8-18(16)23(32,19(20)10-14)24(25,26)27/h5-12,32H,4,13H2,1-3H3. The average molecular weight is 441 g/mol. The van der Waals surface area contributed by atoms with Gasteiger partial charge in [-0.05, 0) is 35.4 Å². The van der Waals surface area contributed by atoms with E-state index in [9.17, 15) is 23.1 Å². The summed E-state index contributed by atoms with van der Waals surface area (Å²) >= 11 is 0. The maximum atomic E-state index is 14.3. The second-order valence-electron chi connectivity index (χ2n) is 9.15. The Labute approximate surface area is 183 Å². The van der Waals surface area contributed by atoms with Gasteiger partial charge in [-0.1, -0.05) is 45.0 Å². The summed E-state index contributed by atoms with van der Waals surface area (Å²) in [5, 5.41) is 15.3. The zero-order chi connectivity index (χ0) is 23.5. The summed E-state index contributed by atoms with van der Waals surface area (Å²) in [5.41, 5.74) is -3.08. The van der Waals surface area contributed by atoms with E-state index < -0.39 is 23.2 Å². The number of rotatable bonds is 3. The van der Waals surface area contributed by atoms with Crippen molar-refractivity contribution < 1.29 is 23.1 Å². The van der Waals surface area contributed by atoms with Gasteiger partial charge in [0.1, 0.15) is 0 Å². The van der Waals surface area contributed by atoms with E-state index in [4.69, 9.17) is 0 Å². The van der Waals surface area contributed by atoms with Crippen LogP contribution < -0.4 is 0 Å². The summed E-state index contributed by atoms with van der Waals surface area (Å²) < 4.78 is 44.5. The molecule has 2 aromatic carbocycles. The van der Waals surface area contributed by atoms with Gasteiger partial charge in [0.25, 0.3) is 5.91 Å². The van der Waals surface area contributed by atoms with E-state index in [1.54, 1.807) is 16.9 Å². The van der Waals surface area contributed by atoms with Crippen LogP contribution in [-0.4, -0.2) is 33.7 Å². The molecule has 0 aliphatic heterocycles. The molecular formula is C24H22F3N3O2. The van der Waals surface area contributed by atoms with E-state index in [0.29, 0.717) is 17.7 Å². The summed E-state index contributed by atoms with van der Waals surface area (Å²) in [5.74, 6) is -0.772. The molecule has 5 nitrogen and oxygen atoms in total. The van der Waals surface area contributed by atoms with Crippen molar-refractivity contribution in [3.05, 3.63) is 65.5 Å². The molecular weight excluding hydrogens is 419 g/mol. The highest BCUT2D eigenvalue weighted by Crippen LogP contribution is 2.56. The minimum atomic E-state index is -5.01. The number of fused-ring (bicyclic) bond motifs is 3. The third-order valence-corrected chi connectivity index (χ3v) is 5.50. The van der Waals surface area contributed by atoms with E-state index >= 15 is 0 Å². The van der Waals surface area contributed by atoms with Crippen molar-refractivity contribution in [2.75, 3.05) is 0 Å². The van der Waals surface area contributed by atoms with Gasteiger partial charge in [-0.25, -0.2) is 4.99 Å². The lowest BCUT2D eigenvalue weighted by atomic mass is 9.88. The third kappa shape index (κ3) is 3.35. The van der Waals surface area contributed by atoms with E-state index in [2.05, 4.69) is 16.8 Å². The first-order valence-corrected chi connectivity index (χ1v) is 9.98. The van der Waals surface area contributed by atoms with Crippen LogP contribution in [-0.2, 0) is 12.1 Å². The Balaban J connectivity index is 1.99. The molecule has 0 saturated heterocycles. The van der Waals surface area contributed by atoms with Gasteiger partial charge < -0.3 is 5.11 Å². The molecule has 32 heavy (non-hydrogen) atoms. The molecule has 1 aliphatic carbocycles.